The fourth-order valence-electron chi connectivity index (χ4n) is 1.57. The molecular formula is C13H9N5. The number of rotatable bonds is 2. The zero-order valence-electron chi connectivity index (χ0n) is 9.43. The largest absolute Gasteiger partial charge is 0.253 e. The highest BCUT2D eigenvalue weighted by Crippen LogP contribution is 2.11. The van der Waals surface area contributed by atoms with Crippen LogP contribution in [0.2, 0.25) is 0 Å². The first kappa shape index (κ1) is 10.5. The third kappa shape index (κ3) is 2.20. The molecule has 0 radical (unpaired) electrons. The summed E-state index contributed by atoms with van der Waals surface area (Å²) in [6.07, 6.45) is 9.90. The molecule has 3 aromatic rings. The Balaban J connectivity index is 1.93. The zero-order valence-corrected chi connectivity index (χ0v) is 9.43. The first-order chi connectivity index (χ1) is 8.92. The van der Waals surface area contributed by atoms with Crippen molar-refractivity contribution >= 4 is 22.9 Å². The molecule has 2 aromatic heterocycles. The Labute approximate surface area is 103 Å². The quantitative estimate of drug-likeness (QED) is 0.638. The van der Waals surface area contributed by atoms with E-state index < -0.39 is 0 Å². The second-order valence-corrected chi connectivity index (χ2v) is 3.66. The van der Waals surface area contributed by atoms with Crippen molar-refractivity contribution in [2.75, 3.05) is 0 Å². The molecule has 0 spiro atoms. The van der Waals surface area contributed by atoms with E-state index in [1.165, 1.54) is 6.33 Å². The minimum atomic E-state index is 0.719. The topological polar surface area (TPSA) is 63.9 Å². The molecule has 0 saturated carbocycles. The summed E-state index contributed by atoms with van der Waals surface area (Å²) in [7, 11) is 0. The van der Waals surface area contributed by atoms with Crippen LogP contribution in [0, 0.1) is 0 Å². The van der Waals surface area contributed by atoms with E-state index in [2.05, 4.69) is 24.9 Å². The molecule has 18 heavy (non-hydrogen) atoms. The third-order valence-electron chi connectivity index (χ3n) is 2.40. The van der Waals surface area contributed by atoms with Crippen molar-refractivity contribution in [2.24, 2.45) is 4.99 Å². The van der Waals surface area contributed by atoms with Gasteiger partial charge < -0.3 is 0 Å². The Hall–Kier alpha value is -2.69. The molecule has 0 atom stereocenters. The second kappa shape index (κ2) is 4.67. The number of benzene rings is 1. The highest BCUT2D eigenvalue weighted by molar-refractivity contribution is 5.87. The van der Waals surface area contributed by atoms with Crippen molar-refractivity contribution in [2.45, 2.75) is 0 Å². The maximum Gasteiger partial charge on any atom is 0.115 e. The predicted molar refractivity (Wildman–Crippen MR) is 68.8 cm³/mol. The molecule has 0 aliphatic heterocycles. The molecule has 0 N–H and O–H groups in total. The normalized spacial score (nSPS) is 11.1. The van der Waals surface area contributed by atoms with Gasteiger partial charge in [-0.05, 0) is 17.7 Å². The molecule has 0 aliphatic rings. The molecule has 0 saturated heterocycles. The molecule has 86 valence electrons. The number of aromatic nitrogens is 4. The first-order valence-corrected chi connectivity index (χ1v) is 5.42. The fourth-order valence-corrected chi connectivity index (χ4v) is 1.57. The van der Waals surface area contributed by atoms with Crippen molar-refractivity contribution in [1.29, 1.82) is 0 Å². The molecule has 1 aromatic carbocycles. The van der Waals surface area contributed by atoms with Gasteiger partial charge in [-0.2, -0.15) is 0 Å². The number of nitrogens with zero attached hydrogens (tertiary/aromatic N) is 5. The average Bonchev–Trinajstić information content (AvgIpc) is 2.46. The molecule has 0 fully saturated rings. The molecule has 3 rings (SSSR count). The number of hydrogen-bond donors (Lipinski definition) is 0. The van der Waals surface area contributed by atoms with Gasteiger partial charge in [0, 0.05) is 18.6 Å². The molecule has 0 unspecified atom stereocenters. The van der Waals surface area contributed by atoms with Gasteiger partial charge >= 0.3 is 0 Å². The van der Waals surface area contributed by atoms with Crippen molar-refractivity contribution in [1.82, 2.24) is 19.9 Å². The molecule has 5 nitrogen and oxygen atoms in total. The molecule has 2 heterocycles. The van der Waals surface area contributed by atoms with Crippen molar-refractivity contribution in [3.8, 4) is 0 Å². The van der Waals surface area contributed by atoms with Gasteiger partial charge in [-0.1, -0.05) is 6.07 Å². The Morgan fingerprint density at radius 1 is 0.944 bits per heavy atom. The van der Waals surface area contributed by atoms with Gasteiger partial charge in [-0.3, -0.25) is 15.0 Å². The standard InChI is InChI=1S/C13H9N5/c1-2-12-13(17-4-3-16-12)5-10(1)6-18-11-7-14-9-15-8-11/h1-9H. The van der Waals surface area contributed by atoms with Gasteiger partial charge in [0.2, 0.25) is 0 Å². The number of fused-ring (bicyclic) bond motifs is 1. The van der Waals surface area contributed by atoms with Crippen molar-refractivity contribution in [3.05, 3.63) is 54.9 Å². The summed E-state index contributed by atoms with van der Waals surface area (Å²) in [4.78, 5) is 20.5. The van der Waals surface area contributed by atoms with Gasteiger partial charge in [-0.15, -0.1) is 0 Å². The SMILES string of the molecule is C(=Nc1cncnc1)c1ccc2nccnc2c1. The summed E-state index contributed by atoms with van der Waals surface area (Å²) in [5, 5.41) is 0. The lowest BCUT2D eigenvalue weighted by Gasteiger charge is -1.97. The Bertz CT molecular complexity index is 694. The lowest BCUT2D eigenvalue weighted by molar-refractivity contribution is 1.16. The van der Waals surface area contributed by atoms with Crippen molar-refractivity contribution in [3.63, 3.8) is 0 Å². The summed E-state index contributed by atoms with van der Waals surface area (Å²) >= 11 is 0. The summed E-state index contributed by atoms with van der Waals surface area (Å²) in [6, 6.07) is 5.81. The van der Waals surface area contributed by atoms with E-state index in [1.54, 1.807) is 31.0 Å². The molecule has 5 heteroatoms. The Kier molecular flexibility index (Phi) is 2.71. The second-order valence-electron chi connectivity index (χ2n) is 3.66. The van der Waals surface area contributed by atoms with Gasteiger partial charge in [-0.25, -0.2) is 9.97 Å². The van der Waals surface area contributed by atoms with Gasteiger partial charge in [0.05, 0.1) is 29.1 Å². The summed E-state index contributed by atoms with van der Waals surface area (Å²) < 4.78 is 0. The maximum absolute atomic E-state index is 4.29. The highest BCUT2D eigenvalue weighted by Gasteiger charge is 1.96. The van der Waals surface area contributed by atoms with Crippen LogP contribution in [0.3, 0.4) is 0 Å². The van der Waals surface area contributed by atoms with Crippen molar-refractivity contribution < 1.29 is 0 Å². The lowest BCUT2D eigenvalue weighted by Crippen LogP contribution is -1.86. The van der Waals surface area contributed by atoms with Crippen LogP contribution >= 0.6 is 0 Å². The maximum atomic E-state index is 4.29. The van der Waals surface area contributed by atoms with Gasteiger partial charge in [0.1, 0.15) is 6.33 Å². The van der Waals surface area contributed by atoms with Crippen LogP contribution in [-0.2, 0) is 0 Å². The van der Waals surface area contributed by atoms with E-state index in [1.807, 2.05) is 18.2 Å². The van der Waals surface area contributed by atoms with Crippen LogP contribution in [0.1, 0.15) is 5.56 Å². The zero-order chi connectivity index (χ0) is 12.2. The van der Waals surface area contributed by atoms with Crippen LogP contribution in [-0.4, -0.2) is 26.2 Å². The Morgan fingerprint density at radius 3 is 2.56 bits per heavy atom. The van der Waals surface area contributed by atoms with Crippen LogP contribution in [0.4, 0.5) is 5.69 Å². The summed E-state index contributed by atoms with van der Waals surface area (Å²) in [5.74, 6) is 0. The first-order valence-electron chi connectivity index (χ1n) is 5.42. The van der Waals surface area contributed by atoms with E-state index in [0.29, 0.717) is 0 Å². The van der Waals surface area contributed by atoms with E-state index in [9.17, 15) is 0 Å². The van der Waals surface area contributed by atoms with Gasteiger partial charge in [0.25, 0.3) is 0 Å². The smallest absolute Gasteiger partial charge is 0.115 e. The van der Waals surface area contributed by atoms with E-state index in [4.69, 9.17) is 0 Å². The van der Waals surface area contributed by atoms with E-state index in [0.717, 1.165) is 22.3 Å². The molecule has 0 amide bonds. The van der Waals surface area contributed by atoms with Crippen LogP contribution in [0.5, 0.6) is 0 Å². The summed E-state index contributed by atoms with van der Waals surface area (Å²) in [5.41, 5.74) is 3.41. The molecule has 0 bridgehead atoms. The minimum absolute atomic E-state index is 0.719. The number of hydrogen-bond acceptors (Lipinski definition) is 5. The van der Waals surface area contributed by atoms with Crippen LogP contribution in [0.15, 0.2) is 54.3 Å². The highest BCUT2D eigenvalue weighted by atomic mass is 14.9. The third-order valence-corrected chi connectivity index (χ3v) is 2.40. The number of aliphatic imine (C=N–C) groups is 1. The average molecular weight is 235 g/mol. The van der Waals surface area contributed by atoms with E-state index in [-0.39, 0.29) is 0 Å². The monoisotopic (exact) mass is 235 g/mol. The molecular weight excluding hydrogens is 226 g/mol. The minimum Gasteiger partial charge on any atom is -0.253 e. The van der Waals surface area contributed by atoms with Crippen LogP contribution in [0.25, 0.3) is 11.0 Å². The Morgan fingerprint density at radius 2 is 1.72 bits per heavy atom. The van der Waals surface area contributed by atoms with E-state index >= 15 is 0 Å². The van der Waals surface area contributed by atoms with Gasteiger partial charge in [0.15, 0.2) is 0 Å². The predicted octanol–water partition coefficient (Wildman–Crippen LogP) is 2.17. The summed E-state index contributed by atoms with van der Waals surface area (Å²) in [6.45, 7) is 0. The molecule has 0 aliphatic carbocycles. The fraction of sp³-hybridized carbons (Fsp3) is 0. The van der Waals surface area contributed by atoms with Crippen LogP contribution < -0.4 is 0 Å². The lowest BCUT2D eigenvalue weighted by atomic mass is 10.2.